The summed E-state index contributed by atoms with van der Waals surface area (Å²) in [6.07, 6.45) is 2.54. The number of aryl methyl sites for hydroxylation is 2. The van der Waals surface area contributed by atoms with Crippen molar-refractivity contribution in [1.82, 2.24) is 20.0 Å². The normalized spacial score (nSPS) is 20.9. The molecule has 0 amide bonds. The number of aliphatic imine (C=N–C) groups is 1. The van der Waals surface area contributed by atoms with Crippen LogP contribution in [0.5, 0.6) is 0 Å². The van der Waals surface area contributed by atoms with E-state index in [4.69, 9.17) is 5.73 Å². The summed E-state index contributed by atoms with van der Waals surface area (Å²) >= 11 is 0. The van der Waals surface area contributed by atoms with E-state index in [0.29, 0.717) is 17.9 Å². The molecule has 23 heavy (non-hydrogen) atoms. The molecule has 0 bridgehead atoms. The molecule has 2 rings (SSSR count). The van der Waals surface area contributed by atoms with Crippen LogP contribution in [0.2, 0.25) is 0 Å². The van der Waals surface area contributed by atoms with Gasteiger partial charge in [-0.25, -0.2) is 0 Å². The van der Waals surface area contributed by atoms with E-state index >= 15 is 0 Å². The summed E-state index contributed by atoms with van der Waals surface area (Å²) in [7, 11) is 0. The number of aromatic nitrogens is 2. The Morgan fingerprint density at radius 1 is 1.52 bits per heavy atom. The van der Waals surface area contributed by atoms with Crippen LogP contribution in [0.1, 0.15) is 38.1 Å². The van der Waals surface area contributed by atoms with Crippen molar-refractivity contribution in [3.05, 3.63) is 17.5 Å². The van der Waals surface area contributed by atoms with Gasteiger partial charge in [-0.1, -0.05) is 13.8 Å². The molecule has 1 saturated heterocycles. The number of nitrogens with zero attached hydrogens (tertiary/aromatic N) is 4. The van der Waals surface area contributed by atoms with Gasteiger partial charge in [0.25, 0.3) is 0 Å². The average Bonchev–Trinajstić information content (AvgIpc) is 3.09. The van der Waals surface area contributed by atoms with Gasteiger partial charge < -0.3 is 11.1 Å². The Morgan fingerprint density at radius 2 is 2.30 bits per heavy atom. The highest BCUT2D eigenvalue weighted by Crippen LogP contribution is 2.15. The summed E-state index contributed by atoms with van der Waals surface area (Å²) in [5.74, 6) is 0.972. The van der Waals surface area contributed by atoms with Crippen molar-refractivity contribution in [2.24, 2.45) is 16.6 Å². The first kappa shape index (κ1) is 17.8. The molecule has 1 fully saturated rings. The average molecular weight is 320 g/mol. The minimum absolute atomic E-state index is 0.409. The molecule has 0 radical (unpaired) electrons. The van der Waals surface area contributed by atoms with E-state index in [2.05, 4.69) is 51.8 Å². The van der Waals surface area contributed by atoms with Crippen molar-refractivity contribution in [2.75, 3.05) is 26.2 Å². The van der Waals surface area contributed by atoms with Crippen molar-refractivity contribution in [3.8, 4) is 0 Å². The lowest BCUT2D eigenvalue weighted by atomic mass is 10.2. The molecule has 130 valence electrons. The maximum Gasteiger partial charge on any atom is 0.188 e. The molecular weight excluding hydrogens is 288 g/mol. The maximum atomic E-state index is 6.01. The van der Waals surface area contributed by atoms with Crippen LogP contribution in [-0.2, 0) is 6.54 Å². The Bertz CT molecular complexity index is 521. The number of likely N-dealkylation sites (N-methyl/N-ethyl adjacent to an activating group) is 1. The van der Waals surface area contributed by atoms with Crippen LogP contribution in [0.4, 0.5) is 0 Å². The smallest absolute Gasteiger partial charge is 0.188 e. The highest BCUT2D eigenvalue weighted by molar-refractivity contribution is 5.77. The molecule has 0 aliphatic carbocycles. The van der Waals surface area contributed by atoms with E-state index in [9.17, 15) is 0 Å². The quantitative estimate of drug-likeness (QED) is 0.590. The number of guanidine groups is 1. The summed E-state index contributed by atoms with van der Waals surface area (Å²) in [6.45, 7) is 13.3. The molecule has 0 spiro atoms. The lowest BCUT2D eigenvalue weighted by Gasteiger charge is -2.23. The molecule has 1 aromatic heterocycles. The zero-order valence-corrected chi connectivity index (χ0v) is 15.0. The molecule has 0 saturated carbocycles. The summed E-state index contributed by atoms with van der Waals surface area (Å²) in [4.78, 5) is 7.00. The van der Waals surface area contributed by atoms with Crippen LogP contribution in [-0.4, -0.2) is 52.9 Å². The van der Waals surface area contributed by atoms with Gasteiger partial charge in [0.2, 0.25) is 0 Å². The number of nitrogens with two attached hydrogens (primary N) is 1. The first-order valence-electron chi connectivity index (χ1n) is 8.78. The van der Waals surface area contributed by atoms with E-state index in [1.165, 1.54) is 25.1 Å². The Hall–Kier alpha value is -1.56. The third-order valence-electron chi connectivity index (χ3n) is 4.59. The van der Waals surface area contributed by atoms with Crippen LogP contribution in [0.3, 0.4) is 0 Å². The van der Waals surface area contributed by atoms with Crippen LogP contribution < -0.4 is 11.1 Å². The van der Waals surface area contributed by atoms with Gasteiger partial charge in [-0.15, -0.1) is 0 Å². The number of rotatable bonds is 7. The fourth-order valence-electron chi connectivity index (χ4n) is 3.29. The highest BCUT2D eigenvalue weighted by atomic mass is 15.3. The standard InChI is InChI=1S/C17H32N6/c1-5-22-8-6-7-16(22)11-20-17(18)19-10-13(2)12-23-15(4)9-14(3)21-23/h9,13,16H,5-8,10-12H2,1-4H3,(H3,18,19,20). The summed E-state index contributed by atoms with van der Waals surface area (Å²) in [6, 6.07) is 2.70. The lowest BCUT2D eigenvalue weighted by Crippen LogP contribution is -2.42. The van der Waals surface area contributed by atoms with Crippen molar-refractivity contribution < 1.29 is 0 Å². The Labute approximate surface area is 140 Å². The fraction of sp³-hybridized carbons (Fsp3) is 0.765. The van der Waals surface area contributed by atoms with E-state index in [1.807, 2.05) is 6.92 Å². The topological polar surface area (TPSA) is 71.5 Å². The molecule has 2 unspecified atom stereocenters. The highest BCUT2D eigenvalue weighted by Gasteiger charge is 2.22. The zero-order chi connectivity index (χ0) is 16.8. The molecule has 6 nitrogen and oxygen atoms in total. The van der Waals surface area contributed by atoms with Crippen LogP contribution in [0.15, 0.2) is 11.1 Å². The van der Waals surface area contributed by atoms with Gasteiger partial charge in [0.15, 0.2) is 5.96 Å². The summed E-state index contributed by atoms with van der Waals surface area (Å²) in [5, 5.41) is 7.79. The van der Waals surface area contributed by atoms with E-state index in [1.54, 1.807) is 0 Å². The second kappa shape index (κ2) is 8.34. The molecule has 1 aromatic rings. The van der Waals surface area contributed by atoms with Gasteiger partial charge in [0.1, 0.15) is 0 Å². The van der Waals surface area contributed by atoms with Crippen molar-refractivity contribution in [1.29, 1.82) is 0 Å². The Kier molecular flexibility index (Phi) is 6.45. The maximum absolute atomic E-state index is 6.01. The zero-order valence-electron chi connectivity index (χ0n) is 15.0. The second-order valence-corrected chi connectivity index (χ2v) is 6.75. The van der Waals surface area contributed by atoms with Crippen LogP contribution in [0, 0.1) is 19.8 Å². The molecule has 1 aliphatic heterocycles. The molecular formula is C17H32N6. The monoisotopic (exact) mass is 320 g/mol. The molecule has 6 heteroatoms. The van der Waals surface area contributed by atoms with Gasteiger partial charge in [-0.2, -0.15) is 5.10 Å². The van der Waals surface area contributed by atoms with E-state index < -0.39 is 0 Å². The van der Waals surface area contributed by atoms with Crippen LogP contribution in [0.25, 0.3) is 0 Å². The Balaban J connectivity index is 1.74. The van der Waals surface area contributed by atoms with E-state index in [-0.39, 0.29) is 0 Å². The van der Waals surface area contributed by atoms with Gasteiger partial charge >= 0.3 is 0 Å². The van der Waals surface area contributed by atoms with Gasteiger partial charge in [-0.3, -0.25) is 14.6 Å². The summed E-state index contributed by atoms with van der Waals surface area (Å²) in [5.41, 5.74) is 8.28. The third kappa shape index (κ3) is 5.23. The SMILES string of the molecule is CCN1CCCC1CNC(N)=NCC(C)Cn1nc(C)cc1C. The number of nitrogens with one attached hydrogen (secondary N) is 1. The minimum atomic E-state index is 0.409. The largest absolute Gasteiger partial charge is 0.370 e. The molecule has 2 atom stereocenters. The molecule has 1 aliphatic rings. The first-order chi connectivity index (χ1) is 11.0. The van der Waals surface area contributed by atoms with Gasteiger partial charge in [0.05, 0.1) is 5.69 Å². The minimum Gasteiger partial charge on any atom is -0.370 e. The predicted molar refractivity (Wildman–Crippen MR) is 95.6 cm³/mol. The number of likely N-dealkylation sites (tertiary alicyclic amines) is 1. The lowest BCUT2D eigenvalue weighted by molar-refractivity contribution is 0.267. The number of hydrogen-bond acceptors (Lipinski definition) is 3. The molecule has 0 aromatic carbocycles. The number of hydrogen-bond donors (Lipinski definition) is 2. The fourth-order valence-corrected chi connectivity index (χ4v) is 3.29. The van der Waals surface area contributed by atoms with Gasteiger partial charge in [-0.05, 0) is 51.8 Å². The van der Waals surface area contributed by atoms with Crippen molar-refractivity contribution >= 4 is 5.96 Å². The molecule has 3 N–H and O–H groups in total. The Morgan fingerprint density at radius 3 is 2.96 bits per heavy atom. The van der Waals surface area contributed by atoms with Crippen LogP contribution >= 0.6 is 0 Å². The predicted octanol–water partition coefficient (Wildman–Crippen LogP) is 1.52. The first-order valence-corrected chi connectivity index (χ1v) is 8.78. The van der Waals surface area contributed by atoms with Gasteiger partial charge in [0, 0.05) is 31.4 Å². The molecule has 2 heterocycles. The second-order valence-electron chi connectivity index (χ2n) is 6.75. The third-order valence-corrected chi connectivity index (χ3v) is 4.59. The van der Waals surface area contributed by atoms with Crippen molar-refractivity contribution in [2.45, 2.75) is 53.1 Å². The van der Waals surface area contributed by atoms with Crippen molar-refractivity contribution in [3.63, 3.8) is 0 Å². The van der Waals surface area contributed by atoms with E-state index in [0.717, 1.165) is 31.9 Å². The summed E-state index contributed by atoms with van der Waals surface area (Å²) < 4.78 is 2.05.